The number of benzene rings is 1. The molecule has 2 aliphatic carbocycles. The van der Waals surface area contributed by atoms with Crippen LogP contribution in [-0.2, 0) is 11.8 Å². The molecule has 0 unspecified atom stereocenters. The lowest BCUT2D eigenvalue weighted by Gasteiger charge is -2.58. The summed E-state index contributed by atoms with van der Waals surface area (Å²) in [4.78, 5) is 2.66. The van der Waals surface area contributed by atoms with E-state index < -0.39 is 8.07 Å². The van der Waals surface area contributed by atoms with Crippen molar-refractivity contribution in [3.05, 3.63) is 34.9 Å². The van der Waals surface area contributed by atoms with Gasteiger partial charge >= 0.3 is 0 Å². The molecule has 2 bridgehead atoms. The van der Waals surface area contributed by atoms with Crippen molar-refractivity contribution >= 4 is 8.07 Å². The van der Waals surface area contributed by atoms with Gasteiger partial charge in [0.2, 0.25) is 0 Å². The molecule has 0 spiro atoms. The van der Waals surface area contributed by atoms with E-state index in [0.717, 1.165) is 12.0 Å². The Bertz CT molecular complexity index is 745. The van der Waals surface area contributed by atoms with Crippen LogP contribution in [0.25, 0.3) is 0 Å². The van der Waals surface area contributed by atoms with Crippen LogP contribution in [0.4, 0.5) is 0 Å². The maximum absolute atomic E-state index is 3.82. The Morgan fingerprint density at radius 1 is 1.11 bits per heavy atom. The number of rotatable bonds is 3. The summed E-state index contributed by atoms with van der Waals surface area (Å²) in [7, 11) is 0.986. The highest BCUT2D eigenvalue weighted by Gasteiger charge is 2.52. The SMILES string of the molecule is CC[Si](C#Cc1ccc2c(c1)[C@]13CCCC[C@@H]1[C@H](C2)N(C)CC3)(CC)CC. The molecule has 1 saturated heterocycles. The zero-order valence-corrected chi connectivity index (χ0v) is 18.9. The fraction of sp³-hybridized carbons (Fsp3) is 0.680. The first-order valence-electron chi connectivity index (χ1n) is 11.4. The highest BCUT2D eigenvalue weighted by atomic mass is 28.3. The molecule has 1 aromatic rings. The number of likely N-dealkylation sites (tertiary alicyclic amines) is 1. The van der Waals surface area contributed by atoms with E-state index in [-0.39, 0.29) is 0 Å². The van der Waals surface area contributed by atoms with Crippen LogP contribution in [-0.4, -0.2) is 32.6 Å². The molecule has 0 radical (unpaired) electrons. The third kappa shape index (κ3) is 3.12. The number of hydrogen-bond acceptors (Lipinski definition) is 1. The molecule has 0 N–H and O–H groups in total. The van der Waals surface area contributed by atoms with Crippen LogP contribution in [0.2, 0.25) is 18.1 Å². The number of piperidine rings is 1. The molecule has 146 valence electrons. The summed E-state index contributed by atoms with van der Waals surface area (Å²) in [6, 6.07) is 11.9. The summed E-state index contributed by atoms with van der Waals surface area (Å²) in [6.07, 6.45) is 8.30. The maximum atomic E-state index is 3.82. The van der Waals surface area contributed by atoms with Gasteiger partial charge in [0, 0.05) is 17.0 Å². The first-order valence-corrected chi connectivity index (χ1v) is 14.1. The Labute approximate surface area is 167 Å². The van der Waals surface area contributed by atoms with Crippen LogP contribution in [0.1, 0.15) is 69.6 Å². The van der Waals surface area contributed by atoms with Crippen molar-refractivity contribution in [2.45, 2.75) is 88.9 Å². The van der Waals surface area contributed by atoms with E-state index in [1.807, 2.05) is 0 Å². The van der Waals surface area contributed by atoms with Crippen molar-refractivity contribution in [3.8, 4) is 11.5 Å². The molecular weight excluding hydrogens is 342 g/mol. The quantitative estimate of drug-likeness (QED) is 0.476. The second kappa shape index (κ2) is 7.41. The third-order valence-electron chi connectivity index (χ3n) is 8.62. The average molecular weight is 380 g/mol. The highest BCUT2D eigenvalue weighted by Crippen LogP contribution is 2.55. The molecule has 0 aromatic heterocycles. The van der Waals surface area contributed by atoms with Crippen LogP contribution in [0, 0.1) is 17.4 Å². The van der Waals surface area contributed by atoms with Crippen molar-refractivity contribution in [2.24, 2.45) is 5.92 Å². The van der Waals surface area contributed by atoms with Crippen molar-refractivity contribution in [1.82, 2.24) is 4.90 Å². The second-order valence-corrected chi connectivity index (χ2v) is 14.4. The fourth-order valence-corrected chi connectivity index (χ4v) is 8.93. The molecule has 1 aliphatic heterocycles. The van der Waals surface area contributed by atoms with Crippen molar-refractivity contribution < 1.29 is 0 Å². The molecule has 0 amide bonds. The molecule has 1 nitrogen and oxygen atoms in total. The minimum Gasteiger partial charge on any atom is -0.303 e. The minimum atomic E-state index is -1.37. The number of hydrogen-bond donors (Lipinski definition) is 0. The monoisotopic (exact) mass is 379 g/mol. The summed E-state index contributed by atoms with van der Waals surface area (Å²) < 4.78 is 0. The van der Waals surface area contributed by atoms with Crippen LogP contribution < -0.4 is 0 Å². The van der Waals surface area contributed by atoms with Gasteiger partial charge in [0.05, 0.1) is 0 Å². The molecule has 3 aliphatic rings. The van der Waals surface area contributed by atoms with Crippen LogP contribution in [0.15, 0.2) is 18.2 Å². The lowest BCUT2D eigenvalue weighted by Crippen LogP contribution is -2.59. The minimum absolute atomic E-state index is 0.454. The maximum Gasteiger partial charge on any atom is 0.138 e. The fourth-order valence-electron chi connectivity index (χ4n) is 6.49. The van der Waals surface area contributed by atoms with Crippen LogP contribution >= 0.6 is 0 Å². The molecular formula is C25H37NSi. The van der Waals surface area contributed by atoms with Crippen molar-refractivity contribution in [3.63, 3.8) is 0 Å². The van der Waals surface area contributed by atoms with Gasteiger partial charge in [0.1, 0.15) is 8.07 Å². The summed E-state index contributed by atoms with van der Waals surface area (Å²) in [5.74, 6) is 4.54. The Kier molecular flexibility index (Phi) is 5.29. The highest BCUT2D eigenvalue weighted by molar-refractivity contribution is 6.87. The smallest absolute Gasteiger partial charge is 0.138 e. The Morgan fingerprint density at radius 3 is 2.63 bits per heavy atom. The van der Waals surface area contributed by atoms with Gasteiger partial charge in [-0.05, 0) is 86.6 Å². The van der Waals surface area contributed by atoms with Crippen LogP contribution in [0.5, 0.6) is 0 Å². The van der Waals surface area contributed by atoms with Gasteiger partial charge in [-0.3, -0.25) is 0 Å². The van der Waals surface area contributed by atoms with E-state index in [0.29, 0.717) is 5.41 Å². The molecule has 1 saturated carbocycles. The average Bonchev–Trinajstić information content (AvgIpc) is 2.72. The first-order chi connectivity index (χ1) is 13.1. The van der Waals surface area contributed by atoms with Gasteiger partial charge in [-0.15, -0.1) is 5.54 Å². The summed E-state index contributed by atoms with van der Waals surface area (Å²) >= 11 is 0. The van der Waals surface area contributed by atoms with E-state index in [2.05, 4.69) is 62.4 Å². The molecule has 2 heteroatoms. The molecule has 1 aromatic carbocycles. The summed E-state index contributed by atoms with van der Waals surface area (Å²) in [6.45, 7) is 8.33. The molecule has 4 rings (SSSR count). The van der Waals surface area contributed by atoms with Gasteiger partial charge < -0.3 is 4.90 Å². The standard InChI is InChI=1S/C25H37NSi/c1-5-27(6-2,7-3)17-13-20-11-12-21-19-24-22-10-8-9-14-25(22,23(21)18-20)15-16-26(24)4/h11-12,18,22,24H,5-10,14-16,19H2,1-4H3/t22-,24+,25+/m1/s1. The predicted octanol–water partition coefficient (Wildman–Crippen LogP) is 5.77. The molecule has 1 heterocycles. The first kappa shape index (κ1) is 19.3. The van der Waals surface area contributed by atoms with E-state index in [4.69, 9.17) is 0 Å². The topological polar surface area (TPSA) is 3.24 Å². The van der Waals surface area contributed by atoms with Crippen molar-refractivity contribution in [2.75, 3.05) is 13.6 Å². The molecule has 2 fully saturated rings. The second-order valence-electron chi connectivity index (χ2n) is 9.47. The van der Waals surface area contributed by atoms with Gasteiger partial charge in [-0.1, -0.05) is 45.6 Å². The van der Waals surface area contributed by atoms with E-state index in [9.17, 15) is 0 Å². The zero-order valence-electron chi connectivity index (χ0n) is 17.9. The summed E-state index contributed by atoms with van der Waals surface area (Å²) in [5, 5.41) is 0. The van der Waals surface area contributed by atoms with Gasteiger partial charge in [-0.25, -0.2) is 0 Å². The number of likely N-dealkylation sites (N-methyl/N-ethyl adjacent to an activating group) is 1. The normalized spacial score (nSPS) is 30.1. The van der Waals surface area contributed by atoms with Gasteiger partial charge in [0.25, 0.3) is 0 Å². The number of nitrogens with zero attached hydrogens (tertiary/aromatic N) is 1. The Morgan fingerprint density at radius 2 is 1.89 bits per heavy atom. The van der Waals surface area contributed by atoms with E-state index in [1.165, 1.54) is 68.8 Å². The predicted molar refractivity (Wildman–Crippen MR) is 119 cm³/mol. The van der Waals surface area contributed by atoms with E-state index in [1.54, 1.807) is 11.1 Å². The Hall–Kier alpha value is -1.04. The van der Waals surface area contributed by atoms with Gasteiger partial charge in [0.15, 0.2) is 0 Å². The zero-order chi connectivity index (χ0) is 19.1. The third-order valence-corrected chi connectivity index (χ3v) is 13.3. The van der Waals surface area contributed by atoms with Crippen molar-refractivity contribution in [1.29, 1.82) is 0 Å². The van der Waals surface area contributed by atoms with Gasteiger partial charge in [-0.2, -0.15) is 0 Å². The lowest BCUT2D eigenvalue weighted by molar-refractivity contribution is 0.00285. The Balaban J connectivity index is 1.74. The molecule has 3 atom stereocenters. The summed E-state index contributed by atoms with van der Waals surface area (Å²) in [5.41, 5.74) is 8.88. The van der Waals surface area contributed by atoms with E-state index >= 15 is 0 Å². The number of fused-ring (bicyclic) bond motifs is 1. The molecule has 27 heavy (non-hydrogen) atoms. The van der Waals surface area contributed by atoms with Crippen LogP contribution in [0.3, 0.4) is 0 Å². The lowest BCUT2D eigenvalue weighted by atomic mass is 9.52. The largest absolute Gasteiger partial charge is 0.303 e.